The minimum Gasteiger partial charge on any atom is -0.337 e. The number of aliphatic imine (C=N–C) groups is 1. The number of unbranched alkanes of at least 4 members (excludes halogenated alkanes) is 3. The van der Waals surface area contributed by atoms with Gasteiger partial charge in [0.05, 0.1) is 6.54 Å². The summed E-state index contributed by atoms with van der Waals surface area (Å²) in [4.78, 5) is 39.5. The number of amides is 2. The number of carbonyl (C=O) groups excluding carboxylic acids is 2. The van der Waals surface area contributed by atoms with Gasteiger partial charge in [-0.1, -0.05) is 12.8 Å². The Bertz CT molecular complexity index is 563. The van der Waals surface area contributed by atoms with Gasteiger partial charge in [-0.05, 0) is 19.8 Å². The zero-order valence-corrected chi connectivity index (χ0v) is 12.0. The summed E-state index contributed by atoms with van der Waals surface area (Å²) in [5.74, 6) is 0. The van der Waals surface area contributed by atoms with Crippen LogP contribution in [0, 0.1) is 6.92 Å². The molecule has 1 heterocycles. The van der Waals surface area contributed by atoms with E-state index in [0.717, 1.165) is 25.7 Å². The van der Waals surface area contributed by atoms with E-state index in [9.17, 15) is 14.4 Å². The van der Waals surface area contributed by atoms with Gasteiger partial charge in [0.15, 0.2) is 0 Å². The van der Waals surface area contributed by atoms with E-state index in [1.54, 1.807) is 6.92 Å². The molecule has 0 unspecified atom stereocenters. The van der Waals surface area contributed by atoms with E-state index >= 15 is 0 Å². The van der Waals surface area contributed by atoms with Gasteiger partial charge in [0, 0.05) is 18.3 Å². The lowest BCUT2D eigenvalue weighted by Gasteiger charge is -2.11. The van der Waals surface area contributed by atoms with Crippen LogP contribution < -0.4 is 16.3 Å². The number of hydrogen-bond acceptors (Lipinski definition) is 5. The minimum atomic E-state index is -0.353. The molecule has 2 amide bonds. The molecule has 0 aliphatic carbocycles. The lowest BCUT2D eigenvalue weighted by molar-refractivity contribution is 0.249. The molecule has 0 bridgehead atoms. The van der Waals surface area contributed by atoms with E-state index in [1.807, 2.05) is 0 Å². The normalized spacial score (nSPS) is 9.76. The highest BCUT2D eigenvalue weighted by atomic mass is 16.2. The van der Waals surface area contributed by atoms with Crippen molar-refractivity contribution in [1.82, 2.24) is 15.0 Å². The zero-order valence-electron chi connectivity index (χ0n) is 12.0. The molecule has 21 heavy (non-hydrogen) atoms. The third-order valence-corrected chi connectivity index (χ3v) is 2.78. The summed E-state index contributed by atoms with van der Waals surface area (Å²) in [5, 5.41) is 2.71. The van der Waals surface area contributed by atoms with Gasteiger partial charge in [0.1, 0.15) is 6.33 Å². The zero-order chi connectivity index (χ0) is 15.5. The number of aryl methyl sites for hydroxylation is 1. The Morgan fingerprint density at radius 3 is 2.86 bits per heavy atom. The molecular weight excluding hydrogens is 274 g/mol. The first-order valence-electron chi connectivity index (χ1n) is 6.77. The highest BCUT2D eigenvalue weighted by molar-refractivity contribution is 5.81. The van der Waals surface area contributed by atoms with Crippen LogP contribution in [0.4, 0.5) is 4.79 Å². The summed E-state index contributed by atoms with van der Waals surface area (Å²) in [7, 11) is 0. The average Bonchev–Trinajstić information content (AvgIpc) is 2.45. The molecule has 0 aliphatic rings. The Morgan fingerprint density at radius 2 is 2.14 bits per heavy atom. The molecule has 114 valence electrons. The number of isocyanates is 1. The van der Waals surface area contributed by atoms with E-state index in [2.05, 4.69) is 20.7 Å². The van der Waals surface area contributed by atoms with E-state index in [-0.39, 0.29) is 11.6 Å². The Hall–Kier alpha value is -2.47. The summed E-state index contributed by atoms with van der Waals surface area (Å²) in [6, 6.07) is 0.983. The minimum absolute atomic E-state index is 0.343. The Morgan fingerprint density at radius 1 is 1.38 bits per heavy atom. The highest BCUT2D eigenvalue weighted by Crippen LogP contribution is 1.98. The van der Waals surface area contributed by atoms with Crippen molar-refractivity contribution >= 4 is 12.1 Å². The van der Waals surface area contributed by atoms with Crippen molar-refractivity contribution < 1.29 is 9.59 Å². The van der Waals surface area contributed by atoms with Gasteiger partial charge in [0.2, 0.25) is 6.08 Å². The van der Waals surface area contributed by atoms with E-state index < -0.39 is 0 Å². The lowest BCUT2D eigenvalue weighted by Crippen LogP contribution is -2.36. The predicted molar refractivity (Wildman–Crippen MR) is 77.4 cm³/mol. The fraction of sp³-hybridized carbons (Fsp3) is 0.538. The predicted octanol–water partition coefficient (Wildman–Crippen LogP) is 0.701. The molecule has 0 atom stereocenters. The number of aromatic nitrogens is 2. The fourth-order valence-corrected chi connectivity index (χ4v) is 1.67. The van der Waals surface area contributed by atoms with Crippen molar-refractivity contribution in [3.8, 4) is 0 Å². The van der Waals surface area contributed by atoms with Gasteiger partial charge in [-0.15, -0.1) is 0 Å². The van der Waals surface area contributed by atoms with Gasteiger partial charge in [-0.2, -0.15) is 4.98 Å². The molecule has 0 fully saturated rings. The monoisotopic (exact) mass is 293 g/mol. The first-order chi connectivity index (χ1) is 10.1. The smallest absolute Gasteiger partial charge is 0.333 e. The summed E-state index contributed by atoms with van der Waals surface area (Å²) in [6.07, 6.45) is 6.37. The molecule has 0 aromatic carbocycles. The first-order valence-corrected chi connectivity index (χ1v) is 6.77. The SMILES string of the molecule is Cc1cc(=O)ncn1NC(=O)NCCCCCCN=C=O. The van der Waals surface area contributed by atoms with Crippen molar-refractivity contribution in [3.05, 3.63) is 28.4 Å². The maximum absolute atomic E-state index is 11.6. The first kappa shape index (κ1) is 16.6. The van der Waals surface area contributed by atoms with E-state index in [4.69, 9.17) is 0 Å². The van der Waals surface area contributed by atoms with Crippen LogP contribution >= 0.6 is 0 Å². The maximum Gasteiger partial charge on any atom is 0.333 e. The van der Waals surface area contributed by atoms with Crippen LogP contribution in [0.3, 0.4) is 0 Å². The van der Waals surface area contributed by atoms with Crippen LogP contribution in [0.1, 0.15) is 31.4 Å². The molecule has 0 saturated heterocycles. The standard InChI is InChI=1S/C13H19N5O3/c1-11-8-12(20)16-9-18(11)17-13(21)15-7-5-3-2-4-6-14-10-19/h8-9H,2-7H2,1H3,(H2,15,17,21). The van der Waals surface area contributed by atoms with Gasteiger partial charge < -0.3 is 5.32 Å². The van der Waals surface area contributed by atoms with Gasteiger partial charge >= 0.3 is 6.03 Å². The Balaban J connectivity index is 2.16. The summed E-state index contributed by atoms with van der Waals surface area (Å²) >= 11 is 0. The molecule has 1 rings (SSSR count). The number of urea groups is 1. The molecule has 8 nitrogen and oxygen atoms in total. The molecule has 8 heteroatoms. The molecule has 0 saturated carbocycles. The van der Waals surface area contributed by atoms with Gasteiger partial charge in [-0.3, -0.25) is 4.79 Å². The van der Waals surface area contributed by atoms with Crippen molar-refractivity contribution in [1.29, 1.82) is 0 Å². The Kier molecular flexibility index (Phi) is 7.45. The second-order valence-electron chi connectivity index (χ2n) is 4.49. The number of nitrogens with one attached hydrogen (secondary N) is 2. The van der Waals surface area contributed by atoms with Crippen molar-refractivity contribution in [3.63, 3.8) is 0 Å². The third kappa shape index (κ3) is 7.03. The molecule has 0 aliphatic heterocycles. The largest absolute Gasteiger partial charge is 0.337 e. The second kappa shape index (κ2) is 9.44. The van der Waals surface area contributed by atoms with Crippen molar-refractivity contribution in [2.75, 3.05) is 18.5 Å². The third-order valence-electron chi connectivity index (χ3n) is 2.78. The topological polar surface area (TPSA) is 105 Å². The average molecular weight is 293 g/mol. The van der Waals surface area contributed by atoms with Crippen LogP contribution in [-0.4, -0.2) is 34.9 Å². The van der Waals surface area contributed by atoms with Crippen LogP contribution in [0.25, 0.3) is 0 Å². The number of hydrogen-bond donors (Lipinski definition) is 2. The fourth-order valence-electron chi connectivity index (χ4n) is 1.67. The lowest BCUT2D eigenvalue weighted by atomic mass is 10.2. The second-order valence-corrected chi connectivity index (χ2v) is 4.49. The van der Waals surface area contributed by atoms with Gasteiger partial charge in [-0.25, -0.2) is 24.7 Å². The molecular formula is C13H19N5O3. The number of rotatable bonds is 8. The molecule has 1 aromatic heterocycles. The summed E-state index contributed by atoms with van der Waals surface area (Å²) < 4.78 is 1.38. The van der Waals surface area contributed by atoms with E-state index in [0.29, 0.717) is 18.8 Å². The number of carbonyl (C=O) groups is 1. The van der Waals surface area contributed by atoms with Gasteiger partial charge in [0.25, 0.3) is 5.56 Å². The highest BCUT2D eigenvalue weighted by Gasteiger charge is 2.02. The summed E-state index contributed by atoms with van der Waals surface area (Å²) in [5.41, 5.74) is 2.82. The van der Waals surface area contributed by atoms with Crippen LogP contribution in [0.5, 0.6) is 0 Å². The van der Waals surface area contributed by atoms with E-state index in [1.165, 1.54) is 23.1 Å². The van der Waals surface area contributed by atoms with Crippen molar-refractivity contribution in [2.24, 2.45) is 4.99 Å². The quantitative estimate of drug-likeness (QED) is 0.418. The van der Waals surface area contributed by atoms with Crippen LogP contribution in [0.15, 0.2) is 22.2 Å². The maximum atomic E-state index is 11.6. The summed E-state index contributed by atoms with van der Waals surface area (Å²) in [6.45, 7) is 2.76. The molecule has 1 aromatic rings. The Labute approximate surface area is 122 Å². The van der Waals surface area contributed by atoms with Crippen molar-refractivity contribution in [2.45, 2.75) is 32.6 Å². The molecule has 2 N–H and O–H groups in total. The molecule has 0 spiro atoms. The molecule has 0 radical (unpaired) electrons. The van der Waals surface area contributed by atoms with Crippen LogP contribution in [0.2, 0.25) is 0 Å². The van der Waals surface area contributed by atoms with Crippen LogP contribution in [-0.2, 0) is 4.79 Å². The number of nitrogens with zero attached hydrogens (tertiary/aromatic N) is 3.